The summed E-state index contributed by atoms with van der Waals surface area (Å²) in [5.41, 5.74) is 8.87. The zero-order chi connectivity index (χ0) is 27.1. The predicted molar refractivity (Wildman–Crippen MR) is 141 cm³/mol. The van der Waals surface area contributed by atoms with Crippen molar-refractivity contribution in [1.29, 1.82) is 0 Å². The standard InChI is InChI=1S/C27H31N7O4/c1-18(37-3)26(28)24(35)8-5-11-38-22-14-29-27(30-15-22)20-7-4-6-19(12-20)16-34-25(36)10-9-23(32-34)21-13-31-33(2)17-21/h4,6-7,9-10,12-15,17-18,26H,5,8,11,16,28H2,1-3H3/t18-,26-/m0/s1. The minimum absolute atomic E-state index is 0.0595. The molecule has 198 valence electrons. The molecule has 2 atom stereocenters. The number of hydrogen-bond acceptors (Lipinski definition) is 9. The van der Waals surface area contributed by atoms with E-state index in [9.17, 15) is 9.59 Å². The van der Waals surface area contributed by atoms with Crippen molar-refractivity contribution in [3.8, 4) is 28.4 Å². The molecule has 11 nitrogen and oxygen atoms in total. The van der Waals surface area contributed by atoms with Gasteiger partial charge in [0.2, 0.25) is 0 Å². The summed E-state index contributed by atoms with van der Waals surface area (Å²) >= 11 is 0. The number of aryl methyl sites for hydroxylation is 1. The van der Waals surface area contributed by atoms with Gasteiger partial charge in [-0.2, -0.15) is 10.2 Å². The Morgan fingerprint density at radius 1 is 1.11 bits per heavy atom. The van der Waals surface area contributed by atoms with Gasteiger partial charge in [0.1, 0.15) is 0 Å². The zero-order valence-electron chi connectivity index (χ0n) is 21.7. The van der Waals surface area contributed by atoms with Gasteiger partial charge < -0.3 is 15.2 Å². The molecule has 3 heterocycles. The third kappa shape index (κ3) is 6.75. The number of carbonyl (C=O) groups is 1. The lowest BCUT2D eigenvalue weighted by Gasteiger charge is -2.17. The molecule has 0 spiro atoms. The Hall–Kier alpha value is -4.22. The maximum atomic E-state index is 12.4. The molecule has 1 aromatic carbocycles. The predicted octanol–water partition coefficient (Wildman–Crippen LogP) is 2.24. The van der Waals surface area contributed by atoms with Crippen LogP contribution in [0.3, 0.4) is 0 Å². The van der Waals surface area contributed by atoms with Gasteiger partial charge in [-0.15, -0.1) is 0 Å². The average Bonchev–Trinajstić information content (AvgIpc) is 3.38. The second kappa shape index (κ2) is 12.3. The van der Waals surface area contributed by atoms with Gasteiger partial charge in [-0.05, 0) is 31.0 Å². The SMILES string of the molecule is CO[C@@H](C)[C@H](N)C(=O)CCCOc1cnc(-c2cccc(Cn3nc(-c4cnn(C)c4)ccc3=O)c2)nc1. The summed E-state index contributed by atoms with van der Waals surface area (Å²) in [6.07, 6.45) is 7.27. The first kappa shape index (κ1) is 26.8. The highest BCUT2D eigenvalue weighted by atomic mass is 16.5. The van der Waals surface area contributed by atoms with E-state index in [0.29, 0.717) is 43.3 Å². The number of aromatic nitrogens is 6. The average molecular weight is 518 g/mol. The Kier molecular flexibility index (Phi) is 8.72. The van der Waals surface area contributed by atoms with Crippen LogP contribution in [0.2, 0.25) is 0 Å². The molecule has 0 radical (unpaired) electrons. The van der Waals surface area contributed by atoms with Gasteiger partial charge in [-0.3, -0.25) is 14.3 Å². The second-order valence-electron chi connectivity index (χ2n) is 8.94. The van der Waals surface area contributed by atoms with Crippen LogP contribution < -0.4 is 16.0 Å². The highest BCUT2D eigenvalue weighted by molar-refractivity contribution is 5.84. The maximum absolute atomic E-state index is 12.4. The number of ketones is 1. The van der Waals surface area contributed by atoms with Crippen LogP contribution in [0.5, 0.6) is 5.75 Å². The third-order valence-electron chi connectivity index (χ3n) is 6.10. The molecule has 0 saturated heterocycles. The van der Waals surface area contributed by atoms with E-state index in [-0.39, 0.29) is 17.4 Å². The first-order chi connectivity index (χ1) is 18.3. The maximum Gasteiger partial charge on any atom is 0.267 e. The Morgan fingerprint density at radius 2 is 1.89 bits per heavy atom. The number of rotatable bonds is 12. The summed E-state index contributed by atoms with van der Waals surface area (Å²) in [6.45, 7) is 2.41. The van der Waals surface area contributed by atoms with Crippen LogP contribution in [0.1, 0.15) is 25.3 Å². The molecule has 11 heteroatoms. The van der Waals surface area contributed by atoms with Crippen molar-refractivity contribution in [1.82, 2.24) is 29.5 Å². The van der Waals surface area contributed by atoms with E-state index in [0.717, 1.165) is 16.7 Å². The molecule has 0 aliphatic rings. The lowest BCUT2D eigenvalue weighted by Crippen LogP contribution is -2.41. The minimum atomic E-state index is -0.641. The Labute approximate surface area is 220 Å². The van der Waals surface area contributed by atoms with Gasteiger partial charge in [-0.1, -0.05) is 18.2 Å². The van der Waals surface area contributed by atoms with Gasteiger partial charge in [0.15, 0.2) is 17.4 Å². The lowest BCUT2D eigenvalue weighted by molar-refractivity contribution is -0.123. The summed E-state index contributed by atoms with van der Waals surface area (Å²) in [5, 5.41) is 8.67. The molecule has 4 aromatic rings. The first-order valence-electron chi connectivity index (χ1n) is 12.3. The van der Waals surface area contributed by atoms with Gasteiger partial charge in [0, 0.05) is 44.0 Å². The molecule has 0 saturated carbocycles. The smallest absolute Gasteiger partial charge is 0.267 e. The Balaban J connectivity index is 1.36. The fraction of sp³-hybridized carbons (Fsp3) is 0.333. The fourth-order valence-corrected chi connectivity index (χ4v) is 3.80. The summed E-state index contributed by atoms with van der Waals surface area (Å²) in [7, 11) is 3.36. The number of Topliss-reactive ketones (excluding diaryl/α,β-unsaturated/α-hetero) is 1. The molecular formula is C27H31N7O4. The van der Waals surface area contributed by atoms with Crippen molar-refractivity contribution in [3.05, 3.63) is 77.1 Å². The third-order valence-corrected chi connectivity index (χ3v) is 6.10. The van der Waals surface area contributed by atoms with E-state index in [2.05, 4.69) is 20.2 Å². The van der Waals surface area contributed by atoms with E-state index < -0.39 is 6.04 Å². The molecular weight excluding hydrogens is 486 g/mol. The number of benzene rings is 1. The second-order valence-corrected chi connectivity index (χ2v) is 8.94. The van der Waals surface area contributed by atoms with Gasteiger partial charge in [-0.25, -0.2) is 14.6 Å². The van der Waals surface area contributed by atoms with E-state index in [4.69, 9.17) is 15.2 Å². The van der Waals surface area contributed by atoms with Crippen molar-refractivity contribution in [3.63, 3.8) is 0 Å². The molecule has 0 aliphatic carbocycles. The molecule has 0 unspecified atom stereocenters. The van der Waals surface area contributed by atoms with Gasteiger partial charge in [0.25, 0.3) is 5.56 Å². The van der Waals surface area contributed by atoms with Crippen LogP contribution in [0.15, 0.2) is 66.0 Å². The van der Waals surface area contributed by atoms with Crippen molar-refractivity contribution >= 4 is 5.78 Å². The monoisotopic (exact) mass is 517 g/mol. The number of hydrogen-bond donors (Lipinski definition) is 1. The van der Waals surface area contributed by atoms with Crippen LogP contribution in [-0.4, -0.2) is 61.2 Å². The normalized spacial score (nSPS) is 12.7. The number of ether oxygens (including phenoxy) is 2. The largest absolute Gasteiger partial charge is 0.490 e. The Morgan fingerprint density at radius 3 is 2.61 bits per heavy atom. The summed E-state index contributed by atoms with van der Waals surface area (Å²) in [4.78, 5) is 33.4. The molecule has 38 heavy (non-hydrogen) atoms. The minimum Gasteiger partial charge on any atom is -0.490 e. The fourth-order valence-electron chi connectivity index (χ4n) is 3.80. The summed E-state index contributed by atoms with van der Waals surface area (Å²) in [5.74, 6) is 0.976. The molecule has 0 bridgehead atoms. The van der Waals surface area contributed by atoms with Crippen molar-refractivity contribution in [2.24, 2.45) is 12.8 Å². The van der Waals surface area contributed by atoms with E-state index in [1.807, 2.05) is 37.5 Å². The first-order valence-corrected chi connectivity index (χ1v) is 12.3. The molecule has 0 amide bonds. The van der Waals surface area contributed by atoms with E-state index in [1.54, 1.807) is 36.3 Å². The van der Waals surface area contributed by atoms with Crippen LogP contribution in [-0.2, 0) is 23.1 Å². The lowest BCUT2D eigenvalue weighted by atomic mass is 10.0. The van der Waals surface area contributed by atoms with Crippen molar-refractivity contribution < 1.29 is 14.3 Å². The highest BCUT2D eigenvalue weighted by Crippen LogP contribution is 2.19. The number of carbonyl (C=O) groups excluding carboxylic acids is 1. The van der Waals surface area contributed by atoms with E-state index >= 15 is 0 Å². The molecule has 0 aliphatic heterocycles. The number of nitrogens with two attached hydrogens (primary N) is 1. The molecule has 4 rings (SSSR count). The number of methoxy groups -OCH3 is 1. The Bertz CT molecular complexity index is 1430. The number of nitrogens with zero attached hydrogens (tertiary/aromatic N) is 6. The van der Waals surface area contributed by atoms with Gasteiger partial charge >= 0.3 is 0 Å². The summed E-state index contributed by atoms with van der Waals surface area (Å²) in [6, 6.07) is 10.2. The topological polar surface area (TPSA) is 140 Å². The molecule has 3 aromatic heterocycles. The molecule has 0 fully saturated rings. The quantitative estimate of drug-likeness (QED) is 0.280. The summed E-state index contributed by atoms with van der Waals surface area (Å²) < 4.78 is 13.9. The van der Waals surface area contributed by atoms with Crippen LogP contribution in [0.25, 0.3) is 22.6 Å². The molecule has 2 N–H and O–H groups in total. The van der Waals surface area contributed by atoms with Crippen LogP contribution >= 0.6 is 0 Å². The van der Waals surface area contributed by atoms with Crippen molar-refractivity contribution in [2.45, 2.75) is 38.5 Å². The van der Waals surface area contributed by atoms with Crippen LogP contribution in [0, 0.1) is 0 Å². The van der Waals surface area contributed by atoms with E-state index in [1.165, 1.54) is 17.9 Å². The van der Waals surface area contributed by atoms with Crippen molar-refractivity contribution in [2.75, 3.05) is 13.7 Å². The zero-order valence-corrected chi connectivity index (χ0v) is 21.7. The van der Waals surface area contributed by atoms with Crippen LogP contribution in [0.4, 0.5) is 0 Å². The highest BCUT2D eigenvalue weighted by Gasteiger charge is 2.19. The van der Waals surface area contributed by atoms with Gasteiger partial charge in [0.05, 0.1) is 49.6 Å².